The molecule has 0 radical (unpaired) electrons. The summed E-state index contributed by atoms with van der Waals surface area (Å²) in [7, 11) is 0. The molecule has 0 aliphatic rings. The number of thiophene rings is 1. The van der Waals surface area contributed by atoms with E-state index >= 15 is 0 Å². The molecule has 3 aromatic rings. The van der Waals surface area contributed by atoms with Gasteiger partial charge in [0.1, 0.15) is 0 Å². The standard InChI is InChI=1S/C15H10ClIN2OS/c16-9-1-3-12(11(17)7-9)19-15(20)14-6-8-5-10(18)2-4-13(8)21-14/h1-7H,18H2,(H,19,20). The Labute approximate surface area is 144 Å². The second-order valence-corrected chi connectivity index (χ2v) is 7.17. The highest BCUT2D eigenvalue weighted by Crippen LogP contribution is 2.29. The van der Waals surface area contributed by atoms with E-state index in [0.717, 1.165) is 19.3 Å². The van der Waals surface area contributed by atoms with Crippen LogP contribution in [0.25, 0.3) is 10.1 Å². The lowest BCUT2D eigenvalue weighted by Gasteiger charge is -2.06. The van der Waals surface area contributed by atoms with Gasteiger partial charge in [0.05, 0.1) is 10.6 Å². The highest BCUT2D eigenvalue weighted by atomic mass is 127. The highest BCUT2D eigenvalue weighted by molar-refractivity contribution is 14.1. The summed E-state index contributed by atoms with van der Waals surface area (Å²) in [6.07, 6.45) is 0. The Balaban J connectivity index is 1.89. The summed E-state index contributed by atoms with van der Waals surface area (Å²) in [6, 6.07) is 12.9. The Morgan fingerprint density at radius 1 is 1.19 bits per heavy atom. The van der Waals surface area contributed by atoms with Crippen LogP contribution in [0.2, 0.25) is 5.02 Å². The van der Waals surface area contributed by atoms with Gasteiger partial charge < -0.3 is 11.1 Å². The van der Waals surface area contributed by atoms with Crippen molar-refractivity contribution in [3.8, 4) is 0 Å². The summed E-state index contributed by atoms with van der Waals surface area (Å²) in [5, 5.41) is 4.53. The van der Waals surface area contributed by atoms with Crippen LogP contribution in [0, 0.1) is 3.57 Å². The SMILES string of the molecule is Nc1ccc2sc(C(=O)Nc3ccc(Cl)cc3I)cc2c1. The molecule has 3 rings (SSSR count). The molecular formula is C15H10ClIN2OS. The van der Waals surface area contributed by atoms with Crippen molar-refractivity contribution in [1.82, 2.24) is 0 Å². The van der Waals surface area contributed by atoms with Crippen LogP contribution in [-0.4, -0.2) is 5.91 Å². The normalized spacial score (nSPS) is 10.8. The molecule has 0 bridgehead atoms. The average molecular weight is 429 g/mol. The molecule has 0 unspecified atom stereocenters. The van der Waals surface area contributed by atoms with Crippen LogP contribution < -0.4 is 11.1 Å². The van der Waals surface area contributed by atoms with Gasteiger partial charge in [-0.3, -0.25) is 4.79 Å². The van der Waals surface area contributed by atoms with Crippen molar-refractivity contribution in [2.45, 2.75) is 0 Å². The fraction of sp³-hybridized carbons (Fsp3) is 0. The third-order valence-electron chi connectivity index (χ3n) is 2.94. The third-order valence-corrected chi connectivity index (χ3v) is 5.19. The molecule has 0 fully saturated rings. The van der Waals surface area contributed by atoms with E-state index in [1.165, 1.54) is 11.3 Å². The summed E-state index contributed by atoms with van der Waals surface area (Å²) in [5.74, 6) is -0.130. The Morgan fingerprint density at radius 2 is 2.00 bits per heavy atom. The van der Waals surface area contributed by atoms with Crippen molar-refractivity contribution in [3.05, 3.63) is 55.9 Å². The van der Waals surface area contributed by atoms with Crippen molar-refractivity contribution >= 4 is 72.9 Å². The lowest BCUT2D eigenvalue weighted by atomic mass is 10.2. The maximum atomic E-state index is 12.3. The van der Waals surface area contributed by atoms with Gasteiger partial charge in [-0.1, -0.05) is 11.6 Å². The number of hydrogen-bond acceptors (Lipinski definition) is 3. The highest BCUT2D eigenvalue weighted by Gasteiger charge is 2.12. The number of hydrogen-bond donors (Lipinski definition) is 2. The smallest absolute Gasteiger partial charge is 0.265 e. The zero-order chi connectivity index (χ0) is 15.0. The summed E-state index contributed by atoms with van der Waals surface area (Å²) >= 11 is 9.50. The lowest BCUT2D eigenvalue weighted by molar-refractivity contribution is 0.103. The molecule has 0 spiro atoms. The number of halogens is 2. The van der Waals surface area contributed by atoms with Crippen LogP contribution in [0.5, 0.6) is 0 Å². The van der Waals surface area contributed by atoms with E-state index in [0.29, 0.717) is 15.6 Å². The zero-order valence-electron chi connectivity index (χ0n) is 10.7. The quantitative estimate of drug-likeness (QED) is 0.446. The minimum Gasteiger partial charge on any atom is -0.399 e. The first-order valence-electron chi connectivity index (χ1n) is 6.08. The molecule has 1 amide bonds. The Bertz CT molecular complexity index is 847. The second kappa shape index (κ2) is 5.82. The molecule has 21 heavy (non-hydrogen) atoms. The molecule has 3 N–H and O–H groups in total. The fourth-order valence-electron chi connectivity index (χ4n) is 1.95. The van der Waals surface area contributed by atoms with Crippen molar-refractivity contribution in [2.24, 2.45) is 0 Å². The van der Waals surface area contributed by atoms with E-state index in [2.05, 4.69) is 27.9 Å². The van der Waals surface area contributed by atoms with E-state index in [-0.39, 0.29) is 5.91 Å². The summed E-state index contributed by atoms with van der Waals surface area (Å²) in [6.45, 7) is 0. The zero-order valence-corrected chi connectivity index (χ0v) is 14.4. The number of fused-ring (bicyclic) bond motifs is 1. The largest absolute Gasteiger partial charge is 0.399 e. The molecule has 0 saturated carbocycles. The van der Waals surface area contributed by atoms with Crippen molar-refractivity contribution in [2.75, 3.05) is 11.1 Å². The first kappa shape index (κ1) is 14.6. The number of benzene rings is 2. The molecule has 1 heterocycles. The molecule has 0 atom stereocenters. The predicted octanol–water partition coefficient (Wildman–Crippen LogP) is 4.99. The van der Waals surface area contributed by atoms with Crippen LogP contribution >= 0.6 is 45.5 Å². The molecule has 1 aromatic heterocycles. The van der Waals surface area contributed by atoms with E-state index in [1.54, 1.807) is 12.1 Å². The van der Waals surface area contributed by atoms with Crippen molar-refractivity contribution in [3.63, 3.8) is 0 Å². The van der Waals surface area contributed by atoms with Crippen LogP contribution in [0.3, 0.4) is 0 Å². The fourth-order valence-corrected chi connectivity index (χ4v) is 3.89. The number of nitrogens with two attached hydrogens (primary N) is 1. The maximum Gasteiger partial charge on any atom is 0.265 e. The number of amides is 1. The number of carbonyl (C=O) groups excluding carboxylic acids is 1. The predicted molar refractivity (Wildman–Crippen MR) is 98.4 cm³/mol. The van der Waals surface area contributed by atoms with Gasteiger partial charge >= 0.3 is 0 Å². The first-order valence-corrected chi connectivity index (χ1v) is 8.36. The molecular weight excluding hydrogens is 419 g/mol. The number of anilines is 2. The van der Waals surface area contributed by atoms with E-state index in [9.17, 15) is 4.79 Å². The molecule has 0 aliphatic heterocycles. The van der Waals surface area contributed by atoms with Gasteiger partial charge in [0.25, 0.3) is 5.91 Å². The van der Waals surface area contributed by atoms with Crippen LogP contribution in [0.15, 0.2) is 42.5 Å². The van der Waals surface area contributed by atoms with Crippen molar-refractivity contribution in [1.29, 1.82) is 0 Å². The van der Waals surface area contributed by atoms with Crippen LogP contribution in [0.4, 0.5) is 11.4 Å². The van der Waals surface area contributed by atoms with Gasteiger partial charge in [0, 0.05) is 19.0 Å². The third kappa shape index (κ3) is 3.14. The van der Waals surface area contributed by atoms with E-state index in [1.807, 2.05) is 30.3 Å². The van der Waals surface area contributed by atoms with E-state index in [4.69, 9.17) is 17.3 Å². The molecule has 106 valence electrons. The first-order chi connectivity index (χ1) is 10.0. The Hall–Kier alpha value is -1.31. The van der Waals surface area contributed by atoms with E-state index < -0.39 is 0 Å². The average Bonchev–Trinajstić information content (AvgIpc) is 2.85. The van der Waals surface area contributed by atoms with Crippen molar-refractivity contribution < 1.29 is 4.79 Å². The minimum absolute atomic E-state index is 0.130. The Kier molecular flexibility index (Phi) is 4.05. The number of rotatable bonds is 2. The van der Waals surface area contributed by atoms with Gasteiger partial charge in [0.15, 0.2) is 0 Å². The van der Waals surface area contributed by atoms with Crippen LogP contribution in [0.1, 0.15) is 9.67 Å². The minimum atomic E-state index is -0.130. The Morgan fingerprint density at radius 3 is 2.76 bits per heavy atom. The van der Waals surface area contributed by atoms with Gasteiger partial charge in [-0.05, 0) is 70.4 Å². The molecule has 3 nitrogen and oxygen atoms in total. The van der Waals surface area contributed by atoms with Gasteiger partial charge in [-0.25, -0.2) is 0 Å². The molecule has 0 aliphatic carbocycles. The second-order valence-electron chi connectivity index (χ2n) is 4.49. The maximum absolute atomic E-state index is 12.3. The number of nitrogen functional groups attached to an aromatic ring is 1. The molecule has 0 saturated heterocycles. The van der Waals surface area contributed by atoms with Gasteiger partial charge in [-0.2, -0.15) is 0 Å². The van der Waals surface area contributed by atoms with Gasteiger partial charge in [0.2, 0.25) is 0 Å². The topological polar surface area (TPSA) is 55.1 Å². The summed E-state index contributed by atoms with van der Waals surface area (Å²) < 4.78 is 1.94. The van der Waals surface area contributed by atoms with Gasteiger partial charge in [-0.15, -0.1) is 11.3 Å². The summed E-state index contributed by atoms with van der Waals surface area (Å²) in [4.78, 5) is 13.0. The monoisotopic (exact) mass is 428 g/mol. The summed E-state index contributed by atoms with van der Waals surface area (Å²) in [5.41, 5.74) is 7.20. The number of carbonyl (C=O) groups is 1. The number of nitrogens with one attached hydrogen (secondary N) is 1. The lowest BCUT2D eigenvalue weighted by Crippen LogP contribution is -2.11. The molecule has 2 aromatic carbocycles. The molecule has 6 heteroatoms. The van der Waals surface area contributed by atoms with Crippen LogP contribution in [-0.2, 0) is 0 Å².